The Morgan fingerprint density at radius 3 is 2.57 bits per heavy atom. The van der Waals surface area contributed by atoms with Gasteiger partial charge in [-0.15, -0.1) is 0 Å². The second-order valence-corrected chi connectivity index (χ2v) is 8.59. The molecule has 2 aromatic heterocycles. The Morgan fingerprint density at radius 2 is 1.86 bits per heavy atom. The molecule has 5 rings (SSSR count). The molecule has 6 nitrogen and oxygen atoms in total. The molecule has 0 aliphatic carbocycles. The third-order valence-electron chi connectivity index (χ3n) is 6.17. The number of nitrogens with zero attached hydrogens (tertiary/aromatic N) is 5. The monoisotopic (exact) mass is 479 g/mol. The zero-order chi connectivity index (χ0) is 24.5. The van der Waals surface area contributed by atoms with Crippen molar-refractivity contribution < 1.29 is 17.9 Å². The normalized spacial score (nSPS) is 15.9. The van der Waals surface area contributed by atoms with Gasteiger partial charge in [0.2, 0.25) is 0 Å². The number of fused-ring (bicyclic) bond motifs is 1. The lowest BCUT2D eigenvalue weighted by atomic mass is 9.93. The van der Waals surface area contributed by atoms with Crippen LogP contribution in [0.4, 0.5) is 13.2 Å². The van der Waals surface area contributed by atoms with Crippen molar-refractivity contribution in [1.29, 1.82) is 0 Å². The van der Waals surface area contributed by atoms with Crippen LogP contribution in [0.5, 0.6) is 5.75 Å². The predicted molar refractivity (Wildman–Crippen MR) is 126 cm³/mol. The summed E-state index contributed by atoms with van der Waals surface area (Å²) < 4.78 is 50.5. The third kappa shape index (κ3) is 4.58. The molecule has 1 aliphatic heterocycles. The Bertz CT molecular complexity index is 1380. The van der Waals surface area contributed by atoms with Crippen LogP contribution in [-0.2, 0) is 6.54 Å². The second kappa shape index (κ2) is 9.40. The largest absolute Gasteiger partial charge is 0.495 e. The lowest BCUT2D eigenvalue weighted by Gasteiger charge is -2.14. The molecule has 0 N–H and O–H groups in total. The van der Waals surface area contributed by atoms with Crippen molar-refractivity contribution in [1.82, 2.24) is 24.3 Å². The number of benzene rings is 2. The van der Waals surface area contributed by atoms with Gasteiger partial charge in [0, 0.05) is 18.7 Å². The maximum atomic E-state index is 13.9. The molecule has 3 heterocycles. The van der Waals surface area contributed by atoms with Gasteiger partial charge in [-0.1, -0.05) is 18.6 Å². The average molecular weight is 480 g/mol. The number of aromatic nitrogens is 5. The standard InChI is InChI=1S/C26H24F3N5O/c1-16-14-33(15-30-16)22-8-6-17(11-23(22)35-2)7-9-24-31-26-19(5-3-4-10-34(26)32-24)18-12-20(27)25(29)21(28)13-18/h6-9,11-15,19H,3-5,10H2,1-2H3/b9-7+. The van der Waals surface area contributed by atoms with Crippen LogP contribution in [0.25, 0.3) is 17.8 Å². The highest BCUT2D eigenvalue weighted by Crippen LogP contribution is 2.33. The van der Waals surface area contributed by atoms with Crippen LogP contribution in [0.2, 0.25) is 0 Å². The third-order valence-corrected chi connectivity index (χ3v) is 6.17. The van der Waals surface area contributed by atoms with Crippen molar-refractivity contribution in [2.75, 3.05) is 7.11 Å². The summed E-state index contributed by atoms with van der Waals surface area (Å²) in [5.41, 5.74) is 3.04. The molecule has 9 heteroatoms. The molecule has 1 unspecified atom stereocenters. The Kier molecular flexibility index (Phi) is 6.15. The van der Waals surface area contributed by atoms with E-state index in [2.05, 4.69) is 15.1 Å². The zero-order valence-electron chi connectivity index (χ0n) is 19.4. The minimum atomic E-state index is -1.46. The molecule has 0 radical (unpaired) electrons. The topological polar surface area (TPSA) is 57.8 Å². The summed E-state index contributed by atoms with van der Waals surface area (Å²) in [7, 11) is 1.62. The van der Waals surface area contributed by atoms with Crippen LogP contribution in [-0.4, -0.2) is 31.4 Å². The first kappa shape index (κ1) is 22.9. The number of hydrogen-bond acceptors (Lipinski definition) is 4. The van der Waals surface area contributed by atoms with Crippen LogP contribution in [0.3, 0.4) is 0 Å². The molecule has 0 spiro atoms. The van der Waals surface area contributed by atoms with Gasteiger partial charge in [-0.05, 0) is 61.2 Å². The number of aryl methyl sites for hydroxylation is 2. The van der Waals surface area contributed by atoms with Crippen molar-refractivity contribution in [2.24, 2.45) is 0 Å². The molecule has 4 aromatic rings. The van der Waals surface area contributed by atoms with Crippen molar-refractivity contribution in [3.05, 3.63) is 88.8 Å². The predicted octanol–water partition coefficient (Wildman–Crippen LogP) is 5.68. The molecule has 1 atom stereocenters. The summed E-state index contributed by atoms with van der Waals surface area (Å²) in [6, 6.07) is 7.92. The molecule has 0 amide bonds. The molecule has 1 aliphatic rings. The fraction of sp³-hybridized carbons (Fsp3) is 0.269. The maximum Gasteiger partial charge on any atom is 0.194 e. The molecule has 0 saturated carbocycles. The number of imidazole rings is 1. The van der Waals surface area contributed by atoms with Gasteiger partial charge in [0.05, 0.1) is 24.8 Å². The van der Waals surface area contributed by atoms with Crippen molar-refractivity contribution in [2.45, 2.75) is 38.6 Å². The van der Waals surface area contributed by atoms with E-state index < -0.39 is 17.5 Å². The van der Waals surface area contributed by atoms with E-state index >= 15 is 0 Å². The van der Waals surface area contributed by atoms with Crippen molar-refractivity contribution in [3.63, 3.8) is 0 Å². The minimum absolute atomic E-state index is 0.363. The van der Waals surface area contributed by atoms with E-state index in [1.807, 2.05) is 42.0 Å². The smallest absolute Gasteiger partial charge is 0.194 e. The number of ether oxygens (including phenoxy) is 1. The summed E-state index contributed by atoms with van der Waals surface area (Å²) in [5, 5.41) is 4.59. The Balaban J connectivity index is 1.44. The summed E-state index contributed by atoms with van der Waals surface area (Å²) in [6.07, 6.45) is 9.70. The Labute approximate surface area is 200 Å². The fourth-order valence-corrected chi connectivity index (χ4v) is 4.43. The first-order valence-corrected chi connectivity index (χ1v) is 11.4. The summed E-state index contributed by atoms with van der Waals surface area (Å²) >= 11 is 0. The number of hydrogen-bond donors (Lipinski definition) is 0. The van der Waals surface area contributed by atoms with E-state index in [4.69, 9.17) is 4.74 Å². The maximum absolute atomic E-state index is 13.9. The first-order chi connectivity index (χ1) is 16.9. The van der Waals surface area contributed by atoms with Gasteiger partial charge in [0.15, 0.2) is 23.3 Å². The highest BCUT2D eigenvalue weighted by atomic mass is 19.2. The highest BCUT2D eigenvalue weighted by molar-refractivity contribution is 5.69. The average Bonchev–Trinajstić information content (AvgIpc) is 3.41. The lowest BCUT2D eigenvalue weighted by molar-refractivity contribution is 0.413. The van der Waals surface area contributed by atoms with Gasteiger partial charge in [-0.3, -0.25) is 0 Å². The molecule has 0 bridgehead atoms. The van der Waals surface area contributed by atoms with Crippen molar-refractivity contribution >= 4 is 12.2 Å². The number of rotatable bonds is 5. The van der Waals surface area contributed by atoms with E-state index in [0.29, 0.717) is 35.9 Å². The van der Waals surface area contributed by atoms with Gasteiger partial charge >= 0.3 is 0 Å². The van der Waals surface area contributed by atoms with Crippen LogP contribution in [0.1, 0.15) is 53.7 Å². The fourth-order valence-electron chi connectivity index (χ4n) is 4.43. The molecule has 0 saturated heterocycles. The zero-order valence-corrected chi connectivity index (χ0v) is 19.4. The summed E-state index contributed by atoms with van der Waals surface area (Å²) in [4.78, 5) is 8.92. The van der Waals surface area contributed by atoms with Gasteiger partial charge in [0.25, 0.3) is 0 Å². The van der Waals surface area contributed by atoms with Gasteiger partial charge in [-0.2, -0.15) is 5.10 Å². The van der Waals surface area contributed by atoms with Crippen LogP contribution in [0.15, 0.2) is 42.9 Å². The SMILES string of the molecule is COc1cc(/C=C/c2nc3n(n2)CCCCC3c2cc(F)c(F)c(F)c2)ccc1-n1cnc(C)c1. The highest BCUT2D eigenvalue weighted by Gasteiger charge is 2.26. The second-order valence-electron chi connectivity index (χ2n) is 8.59. The molecule has 0 fully saturated rings. The van der Waals surface area contributed by atoms with E-state index in [-0.39, 0.29) is 5.92 Å². The first-order valence-electron chi connectivity index (χ1n) is 11.4. The molecule has 180 valence electrons. The van der Waals surface area contributed by atoms with E-state index in [0.717, 1.165) is 41.9 Å². The number of halogens is 3. The lowest BCUT2D eigenvalue weighted by Crippen LogP contribution is -2.09. The van der Waals surface area contributed by atoms with E-state index in [1.165, 1.54) is 0 Å². The van der Waals surface area contributed by atoms with Gasteiger partial charge < -0.3 is 9.30 Å². The van der Waals surface area contributed by atoms with Gasteiger partial charge in [0.1, 0.15) is 11.6 Å². The van der Waals surface area contributed by atoms with Gasteiger partial charge in [-0.25, -0.2) is 27.8 Å². The molecular formula is C26H24F3N5O. The van der Waals surface area contributed by atoms with Crippen LogP contribution >= 0.6 is 0 Å². The Morgan fingerprint density at radius 1 is 1.06 bits per heavy atom. The Hall–Kier alpha value is -3.88. The summed E-state index contributed by atoms with van der Waals surface area (Å²) in [6.45, 7) is 2.58. The molecular weight excluding hydrogens is 455 g/mol. The van der Waals surface area contributed by atoms with Crippen LogP contribution < -0.4 is 4.74 Å². The minimum Gasteiger partial charge on any atom is -0.495 e. The van der Waals surface area contributed by atoms with Crippen LogP contribution in [0, 0.1) is 24.4 Å². The molecule has 35 heavy (non-hydrogen) atoms. The van der Waals surface area contributed by atoms with Crippen molar-refractivity contribution in [3.8, 4) is 11.4 Å². The summed E-state index contributed by atoms with van der Waals surface area (Å²) in [5.74, 6) is -2.41. The number of methoxy groups -OCH3 is 1. The molecule has 2 aromatic carbocycles. The van der Waals surface area contributed by atoms with E-state index in [9.17, 15) is 13.2 Å². The quantitative estimate of drug-likeness (QED) is 0.346. The van der Waals surface area contributed by atoms with E-state index in [1.54, 1.807) is 24.2 Å².